The average molecular weight is 194 g/mol. The van der Waals surface area contributed by atoms with Crippen LogP contribution in [0.4, 0.5) is 0 Å². The lowest BCUT2D eigenvalue weighted by Crippen LogP contribution is -1.98. The van der Waals surface area contributed by atoms with Crippen molar-refractivity contribution in [2.45, 2.75) is 24.2 Å². The van der Waals surface area contributed by atoms with Crippen LogP contribution in [0.15, 0.2) is 23.1 Å². The van der Waals surface area contributed by atoms with Crippen molar-refractivity contribution >= 4 is 11.8 Å². The number of thioether (sulfide) groups is 1. The Balaban J connectivity index is 2.30. The van der Waals surface area contributed by atoms with E-state index in [-0.39, 0.29) is 12.5 Å². The summed E-state index contributed by atoms with van der Waals surface area (Å²) >= 11 is 1.93. The molecule has 13 heavy (non-hydrogen) atoms. The van der Waals surface area contributed by atoms with E-state index in [1.165, 1.54) is 28.2 Å². The molecule has 0 saturated heterocycles. The predicted molar refractivity (Wildman–Crippen MR) is 56.4 cm³/mol. The fourth-order valence-electron chi connectivity index (χ4n) is 1.59. The molecule has 0 bridgehead atoms. The van der Waals surface area contributed by atoms with E-state index in [2.05, 4.69) is 25.1 Å². The number of hydrogen-bond acceptors (Lipinski definition) is 2. The molecule has 0 aliphatic carbocycles. The molecule has 2 rings (SSSR count). The maximum atomic E-state index is 9.03. The Morgan fingerprint density at radius 1 is 1.54 bits per heavy atom. The Morgan fingerprint density at radius 3 is 3.15 bits per heavy atom. The largest absolute Gasteiger partial charge is 0.396 e. The third-order valence-electron chi connectivity index (χ3n) is 2.56. The maximum Gasteiger partial charge on any atom is 0.0497 e. The molecule has 0 saturated carbocycles. The minimum Gasteiger partial charge on any atom is -0.396 e. The Kier molecular flexibility index (Phi) is 2.61. The monoisotopic (exact) mass is 194 g/mol. The van der Waals surface area contributed by atoms with E-state index in [0.29, 0.717) is 0 Å². The summed E-state index contributed by atoms with van der Waals surface area (Å²) in [6.07, 6.45) is 1.20. The van der Waals surface area contributed by atoms with E-state index in [1.807, 2.05) is 11.8 Å². The molecule has 1 atom stereocenters. The average Bonchev–Trinajstić information content (AvgIpc) is 2.63. The first kappa shape index (κ1) is 9.10. The van der Waals surface area contributed by atoms with Crippen molar-refractivity contribution in [1.29, 1.82) is 0 Å². The van der Waals surface area contributed by atoms with Crippen molar-refractivity contribution < 1.29 is 5.11 Å². The molecule has 1 N–H and O–H groups in total. The van der Waals surface area contributed by atoms with Crippen molar-refractivity contribution in [2.75, 3.05) is 12.4 Å². The maximum absolute atomic E-state index is 9.03. The highest BCUT2D eigenvalue weighted by Crippen LogP contribution is 2.33. The van der Waals surface area contributed by atoms with Gasteiger partial charge in [0.1, 0.15) is 0 Å². The second-order valence-corrected chi connectivity index (χ2v) is 4.69. The summed E-state index contributed by atoms with van der Waals surface area (Å²) in [6.45, 7) is 2.30. The Bertz CT molecular complexity index is 309. The summed E-state index contributed by atoms with van der Waals surface area (Å²) in [5.74, 6) is 1.48. The fraction of sp³-hybridized carbons (Fsp3) is 0.455. The van der Waals surface area contributed by atoms with Crippen molar-refractivity contribution in [3.8, 4) is 0 Å². The van der Waals surface area contributed by atoms with Gasteiger partial charge in [0.05, 0.1) is 0 Å². The van der Waals surface area contributed by atoms with Gasteiger partial charge >= 0.3 is 0 Å². The summed E-state index contributed by atoms with van der Waals surface area (Å²) < 4.78 is 0. The first-order valence-corrected chi connectivity index (χ1v) is 5.66. The summed E-state index contributed by atoms with van der Waals surface area (Å²) in [5.41, 5.74) is 2.73. The van der Waals surface area contributed by atoms with Crippen molar-refractivity contribution in [1.82, 2.24) is 0 Å². The summed E-state index contributed by atoms with van der Waals surface area (Å²) in [4.78, 5) is 1.41. The number of benzene rings is 1. The van der Waals surface area contributed by atoms with Gasteiger partial charge in [0, 0.05) is 23.2 Å². The van der Waals surface area contributed by atoms with Gasteiger partial charge in [0.15, 0.2) is 0 Å². The highest BCUT2D eigenvalue weighted by atomic mass is 32.2. The van der Waals surface area contributed by atoms with Crippen LogP contribution in [0.25, 0.3) is 0 Å². The SMILES string of the molecule is CC(CO)c1ccc2c(c1)SCC2. The van der Waals surface area contributed by atoms with E-state index in [9.17, 15) is 0 Å². The van der Waals surface area contributed by atoms with Crippen molar-refractivity contribution in [3.63, 3.8) is 0 Å². The topological polar surface area (TPSA) is 20.2 Å². The van der Waals surface area contributed by atoms with Crippen molar-refractivity contribution in [2.24, 2.45) is 0 Å². The molecule has 1 aromatic carbocycles. The zero-order chi connectivity index (χ0) is 9.26. The zero-order valence-corrected chi connectivity index (χ0v) is 8.60. The van der Waals surface area contributed by atoms with Crippen LogP contribution in [-0.4, -0.2) is 17.5 Å². The molecule has 2 heteroatoms. The Labute approximate surface area is 83.2 Å². The van der Waals surface area contributed by atoms with Gasteiger partial charge in [-0.3, -0.25) is 0 Å². The third kappa shape index (κ3) is 1.74. The van der Waals surface area contributed by atoms with E-state index >= 15 is 0 Å². The number of aliphatic hydroxyl groups excluding tert-OH is 1. The van der Waals surface area contributed by atoms with E-state index in [1.54, 1.807) is 0 Å². The van der Waals surface area contributed by atoms with Crippen LogP contribution in [-0.2, 0) is 6.42 Å². The van der Waals surface area contributed by atoms with Gasteiger partial charge in [-0.2, -0.15) is 0 Å². The number of fused-ring (bicyclic) bond motifs is 1. The molecule has 1 heterocycles. The van der Waals surface area contributed by atoms with E-state index in [4.69, 9.17) is 5.11 Å². The van der Waals surface area contributed by atoms with Gasteiger partial charge in [-0.05, 0) is 23.6 Å². The van der Waals surface area contributed by atoms with Gasteiger partial charge in [-0.15, -0.1) is 11.8 Å². The Morgan fingerprint density at radius 2 is 2.38 bits per heavy atom. The second-order valence-electron chi connectivity index (χ2n) is 3.55. The van der Waals surface area contributed by atoms with Gasteiger partial charge in [-0.1, -0.05) is 19.1 Å². The summed E-state index contributed by atoms with van der Waals surface area (Å²) in [6, 6.07) is 6.58. The molecule has 1 aliphatic heterocycles. The van der Waals surface area contributed by atoms with Crippen LogP contribution >= 0.6 is 11.8 Å². The molecule has 1 nitrogen and oxygen atoms in total. The number of hydrogen-bond donors (Lipinski definition) is 1. The lowest BCUT2D eigenvalue weighted by molar-refractivity contribution is 0.273. The van der Waals surface area contributed by atoms with E-state index in [0.717, 1.165) is 0 Å². The normalized spacial score (nSPS) is 17.1. The minimum absolute atomic E-state index is 0.240. The fourth-order valence-corrected chi connectivity index (χ4v) is 2.71. The van der Waals surface area contributed by atoms with Gasteiger partial charge < -0.3 is 5.11 Å². The summed E-state index contributed by atoms with van der Waals surface area (Å²) in [5, 5.41) is 9.03. The van der Waals surface area contributed by atoms with Gasteiger partial charge in [0.2, 0.25) is 0 Å². The second kappa shape index (κ2) is 3.72. The molecule has 1 unspecified atom stereocenters. The van der Waals surface area contributed by atoms with Gasteiger partial charge in [0.25, 0.3) is 0 Å². The molecule has 0 fully saturated rings. The molecular weight excluding hydrogens is 180 g/mol. The number of aryl methyl sites for hydroxylation is 1. The van der Waals surface area contributed by atoms with E-state index < -0.39 is 0 Å². The van der Waals surface area contributed by atoms with Crippen LogP contribution in [0.2, 0.25) is 0 Å². The standard InChI is InChI=1S/C11H14OS/c1-8(7-12)10-3-2-9-4-5-13-11(9)6-10/h2-3,6,8,12H,4-5,7H2,1H3. The molecule has 1 aliphatic rings. The third-order valence-corrected chi connectivity index (χ3v) is 3.66. The molecule has 0 amide bonds. The number of rotatable bonds is 2. The Hall–Kier alpha value is -0.470. The molecular formula is C11H14OS. The highest BCUT2D eigenvalue weighted by Gasteiger charge is 2.13. The van der Waals surface area contributed by atoms with Crippen LogP contribution in [0, 0.1) is 0 Å². The van der Waals surface area contributed by atoms with Crippen LogP contribution in [0.1, 0.15) is 24.0 Å². The van der Waals surface area contributed by atoms with Crippen LogP contribution < -0.4 is 0 Å². The highest BCUT2D eigenvalue weighted by molar-refractivity contribution is 7.99. The van der Waals surface area contributed by atoms with Crippen molar-refractivity contribution in [3.05, 3.63) is 29.3 Å². The zero-order valence-electron chi connectivity index (χ0n) is 7.79. The lowest BCUT2D eigenvalue weighted by Gasteiger charge is -2.09. The minimum atomic E-state index is 0.240. The molecule has 1 aromatic rings. The van der Waals surface area contributed by atoms with Crippen LogP contribution in [0.5, 0.6) is 0 Å². The molecule has 0 radical (unpaired) electrons. The molecule has 0 aromatic heterocycles. The molecule has 70 valence electrons. The van der Waals surface area contributed by atoms with Gasteiger partial charge in [-0.25, -0.2) is 0 Å². The molecule has 0 spiro atoms. The predicted octanol–water partition coefficient (Wildman–Crippen LogP) is 2.43. The first-order valence-electron chi connectivity index (χ1n) is 4.67. The lowest BCUT2D eigenvalue weighted by atomic mass is 10.0. The smallest absolute Gasteiger partial charge is 0.0497 e. The quantitative estimate of drug-likeness (QED) is 0.780. The van der Waals surface area contributed by atoms with Crippen LogP contribution in [0.3, 0.4) is 0 Å². The summed E-state index contributed by atoms with van der Waals surface area (Å²) in [7, 11) is 0. The number of aliphatic hydroxyl groups is 1. The first-order chi connectivity index (χ1) is 6.31.